The van der Waals surface area contributed by atoms with Crippen LogP contribution in [0, 0.1) is 17.1 Å². The van der Waals surface area contributed by atoms with Gasteiger partial charge in [0.15, 0.2) is 11.5 Å². The molecule has 0 amide bonds. The molecule has 0 bridgehead atoms. The fourth-order valence-corrected chi connectivity index (χ4v) is 5.78. The quantitative estimate of drug-likeness (QED) is 0.231. The van der Waals surface area contributed by atoms with E-state index in [2.05, 4.69) is 26.6 Å². The molecule has 2 aliphatic rings. The van der Waals surface area contributed by atoms with E-state index in [4.69, 9.17) is 21.2 Å². The van der Waals surface area contributed by atoms with Crippen LogP contribution in [-0.4, -0.2) is 51.0 Å². The van der Waals surface area contributed by atoms with Gasteiger partial charge in [0.2, 0.25) is 5.95 Å². The monoisotopic (exact) mass is 566 g/mol. The van der Waals surface area contributed by atoms with Crippen LogP contribution in [0.25, 0.3) is 27.6 Å². The van der Waals surface area contributed by atoms with Gasteiger partial charge in [-0.25, -0.2) is 9.37 Å². The molecule has 0 spiro atoms. The average Bonchev–Trinajstić information content (AvgIpc) is 3.36. The topological polar surface area (TPSA) is 177 Å². The molecule has 6 N–H and O–H groups in total. The van der Waals surface area contributed by atoms with Gasteiger partial charge in [0, 0.05) is 19.3 Å². The molecule has 1 aliphatic carbocycles. The Kier molecular flexibility index (Phi) is 5.69. The summed E-state index contributed by atoms with van der Waals surface area (Å²) in [5, 5.41) is 20.7. The van der Waals surface area contributed by atoms with E-state index in [-0.39, 0.29) is 28.6 Å². The lowest BCUT2D eigenvalue weighted by atomic mass is 9.65. The second-order valence-corrected chi connectivity index (χ2v) is 10.9. The number of nitrogens with zero attached hydrogens (tertiary/aromatic N) is 6. The molecular formula is C29H27FN10O2. The summed E-state index contributed by atoms with van der Waals surface area (Å²) in [6.07, 6.45) is 3.95. The van der Waals surface area contributed by atoms with Gasteiger partial charge in [0.1, 0.15) is 23.1 Å². The number of nitriles is 1. The third-order valence-corrected chi connectivity index (χ3v) is 8.28. The van der Waals surface area contributed by atoms with Crippen LogP contribution in [0.1, 0.15) is 24.8 Å². The van der Waals surface area contributed by atoms with E-state index in [1.54, 1.807) is 11.1 Å². The van der Waals surface area contributed by atoms with Crippen LogP contribution in [0.15, 0.2) is 47.4 Å². The molecule has 4 heterocycles. The maximum atomic E-state index is 14.0. The lowest BCUT2D eigenvalue weighted by Gasteiger charge is -2.35. The van der Waals surface area contributed by atoms with E-state index >= 15 is 0 Å². The van der Waals surface area contributed by atoms with Gasteiger partial charge >= 0.3 is 0 Å². The number of pyridine rings is 1. The first-order valence-electron chi connectivity index (χ1n) is 13.6. The predicted octanol–water partition coefficient (Wildman–Crippen LogP) is 3.22. The van der Waals surface area contributed by atoms with Gasteiger partial charge < -0.3 is 26.4 Å². The van der Waals surface area contributed by atoms with E-state index in [0.717, 1.165) is 24.8 Å². The molecule has 3 aromatic heterocycles. The van der Waals surface area contributed by atoms with E-state index in [0.29, 0.717) is 52.7 Å². The summed E-state index contributed by atoms with van der Waals surface area (Å²) < 4.78 is 21.5. The summed E-state index contributed by atoms with van der Waals surface area (Å²) in [4.78, 5) is 25.0. The van der Waals surface area contributed by atoms with Crippen LogP contribution in [0.2, 0.25) is 0 Å². The van der Waals surface area contributed by atoms with Crippen molar-refractivity contribution >= 4 is 45.1 Å². The minimum absolute atomic E-state index is 0.0476. The third-order valence-electron chi connectivity index (χ3n) is 8.28. The molecule has 42 heavy (non-hydrogen) atoms. The van der Waals surface area contributed by atoms with Gasteiger partial charge in [0.25, 0.3) is 5.56 Å². The Balaban J connectivity index is 1.27. The summed E-state index contributed by atoms with van der Waals surface area (Å²) in [5.41, 5.74) is 13.9. The fraction of sp³-hybridized carbons (Fsp3) is 0.276. The smallest absolute Gasteiger partial charge is 0.270 e. The van der Waals surface area contributed by atoms with E-state index < -0.39 is 11.2 Å². The summed E-state index contributed by atoms with van der Waals surface area (Å²) in [6, 6.07) is 12.7. The number of anilines is 4. The highest BCUT2D eigenvalue weighted by molar-refractivity contribution is 6.06. The van der Waals surface area contributed by atoms with Crippen molar-refractivity contribution in [3.63, 3.8) is 0 Å². The molecule has 5 aromatic rings. The highest BCUT2D eigenvalue weighted by Gasteiger charge is 2.39. The highest BCUT2D eigenvalue weighted by Crippen LogP contribution is 2.43. The van der Waals surface area contributed by atoms with Crippen molar-refractivity contribution in [3.8, 4) is 17.5 Å². The third kappa shape index (κ3) is 3.87. The standard InChI is InChI=1S/C29H27FN10O2/c1-39(13-17-11-34-21-10-20(32)19(30)9-22(21)42-17)28-35-12-18-24-23(25(33)38-37-24)27(41)40(26(18)36-28)16-5-3-15(4-6-16)29(14-31)7-2-8-29/h3-6,9-10,12,17,34H,2,7-8,11,13,32H2,1H3,(H3,33,37,38)/t17-/m1/s1. The van der Waals surface area contributed by atoms with Gasteiger partial charge in [-0.3, -0.25) is 14.5 Å². The van der Waals surface area contributed by atoms with Crippen LogP contribution in [-0.2, 0) is 5.41 Å². The normalized spacial score (nSPS) is 17.1. The number of fused-ring (bicyclic) bond motifs is 4. The van der Waals surface area contributed by atoms with Crippen molar-refractivity contribution < 1.29 is 9.13 Å². The number of nitrogens with one attached hydrogen (secondary N) is 2. The van der Waals surface area contributed by atoms with Gasteiger partial charge in [0.05, 0.1) is 52.5 Å². The lowest BCUT2D eigenvalue weighted by molar-refractivity contribution is 0.211. The zero-order chi connectivity index (χ0) is 29.2. The molecule has 212 valence electrons. The Labute approximate surface area is 238 Å². The molecule has 1 atom stereocenters. The number of nitrogen functional groups attached to an aromatic ring is 2. The molecule has 2 aromatic carbocycles. The number of hydrogen-bond donors (Lipinski definition) is 4. The van der Waals surface area contributed by atoms with Crippen molar-refractivity contribution in [2.45, 2.75) is 30.8 Å². The second-order valence-electron chi connectivity index (χ2n) is 10.9. The van der Waals surface area contributed by atoms with Crippen LogP contribution in [0.4, 0.5) is 27.5 Å². The summed E-state index contributed by atoms with van der Waals surface area (Å²) in [7, 11) is 1.81. The van der Waals surface area contributed by atoms with E-state index in [1.807, 2.05) is 31.3 Å². The first-order chi connectivity index (χ1) is 20.3. The Hall–Kier alpha value is -5.38. The number of hydrogen-bond acceptors (Lipinski definition) is 10. The predicted molar refractivity (Wildman–Crippen MR) is 157 cm³/mol. The molecule has 0 radical (unpaired) electrons. The van der Waals surface area contributed by atoms with Crippen LogP contribution >= 0.6 is 0 Å². The Morgan fingerprint density at radius 2 is 2.05 bits per heavy atom. The molecule has 1 fully saturated rings. The highest BCUT2D eigenvalue weighted by atomic mass is 19.1. The van der Waals surface area contributed by atoms with Gasteiger partial charge in [-0.05, 0) is 43.0 Å². The fourth-order valence-electron chi connectivity index (χ4n) is 5.78. The Morgan fingerprint density at radius 3 is 2.76 bits per heavy atom. The number of aromatic nitrogens is 5. The van der Waals surface area contributed by atoms with Crippen molar-refractivity contribution in [1.29, 1.82) is 5.26 Å². The first kappa shape index (κ1) is 25.6. The van der Waals surface area contributed by atoms with Crippen molar-refractivity contribution in [2.24, 2.45) is 0 Å². The van der Waals surface area contributed by atoms with E-state index in [9.17, 15) is 14.4 Å². The van der Waals surface area contributed by atoms with Gasteiger partial charge in [-0.2, -0.15) is 15.3 Å². The molecule has 0 saturated heterocycles. The molecule has 12 nitrogen and oxygen atoms in total. The summed E-state index contributed by atoms with van der Waals surface area (Å²) in [5.74, 6) is 0.272. The molecule has 13 heteroatoms. The number of benzene rings is 2. The SMILES string of the molecule is CN(C[C@H]1CNc2cc(N)c(F)cc2O1)c1ncc2c3[nH]nc(N)c3c(=O)n(-c3ccc(C4(C#N)CCC4)cc3)c2n1. The number of rotatable bonds is 5. The Bertz CT molecular complexity index is 1970. The zero-order valence-corrected chi connectivity index (χ0v) is 22.7. The van der Waals surface area contributed by atoms with Crippen molar-refractivity contribution in [2.75, 3.05) is 41.8 Å². The number of nitrogens with two attached hydrogens (primary N) is 2. The number of likely N-dealkylation sites (N-methyl/N-ethyl adjacent to an activating group) is 1. The number of ether oxygens (including phenoxy) is 1. The molecule has 1 saturated carbocycles. The number of halogens is 1. The molecule has 0 unspecified atom stereocenters. The largest absolute Gasteiger partial charge is 0.484 e. The maximum absolute atomic E-state index is 14.0. The zero-order valence-electron chi connectivity index (χ0n) is 22.7. The van der Waals surface area contributed by atoms with Crippen molar-refractivity contribution in [1.82, 2.24) is 24.7 Å². The van der Waals surface area contributed by atoms with Crippen LogP contribution in [0.5, 0.6) is 5.75 Å². The molecule has 1 aliphatic heterocycles. The lowest BCUT2D eigenvalue weighted by Crippen LogP contribution is -2.41. The average molecular weight is 567 g/mol. The first-order valence-corrected chi connectivity index (χ1v) is 13.6. The van der Waals surface area contributed by atoms with Gasteiger partial charge in [-0.1, -0.05) is 12.1 Å². The van der Waals surface area contributed by atoms with E-state index in [1.165, 1.54) is 16.7 Å². The van der Waals surface area contributed by atoms with Crippen molar-refractivity contribution in [3.05, 3.63) is 64.3 Å². The summed E-state index contributed by atoms with van der Waals surface area (Å²) >= 11 is 0. The number of aromatic amines is 1. The minimum atomic E-state index is -0.547. The number of H-pyrrole nitrogens is 1. The van der Waals surface area contributed by atoms with Gasteiger partial charge in [-0.15, -0.1) is 0 Å². The molecule has 7 rings (SSSR count). The van der Waals surface area contributed by atoms with Crippen LogP contribution in [0.3, 0.4) is 0 Å². The Morgan fingerprint density at radius 1 is 1.26 bits per heavy atom. The second kappa shape index (κ2) is 9.34. The molecular weight excluding hydrogens is 539 g/mol. The minimum Gasteiger partial charge on any atom is -0.484 e. The summed E-state index contributed by atoms with van der Waals surface area (Å²) in [6.45, 7) is 0.837. The maximum Gasteiger partial charge on any atom is 0.270 e. The van der Waals surface area contributed by atoms with Crippen LogP contribution < -0.4 is 32.0 Å².